The van der Waals surface area contributed by atoms with Gasteiger partial charge >= 0.3 is 0 Å². The van der Waals surface area contributed by atoms with Crippen LogP contribution in [0.25, 0.3) is 0 Å². The lowest BCUT2D eigenvalue weighted by molar-refractivity contribution is -0.140. The molecule has 6 atom stereocenters. The summed E-state index contributed by atoms with van der Waals surface area (Å²) >= 11 is 0. The topological polar surface area (TPSA) is 181 Å². The first-order chi connectivity index (χ1) is 25.3. The van der Waals surface area contributed by atoms with E-state index >= 15 is 0 Å². The second-order valence-corrected chi connectivity index (χ2v) is 17.5. The molecule has 14 heteroatoms. The Morgan fingerprint density at radius 1 is 0.574 bits per heavy atom. The van der Waals surface area contributed by atoms with Gasteiger partial charge in [-0.1, -0.05) is 67.2 Å². The van der Waals surface area contributed by atoms with Gasteiger partial charge in [0.25, 0.3) is 0 Å². The van der Waals surface area contributed by atoms with E-state index in [1.807, 2.05) is 51.3 Å². The first-order valence-corrected chi connectivity index (χ1v) is 20.4. The summed E-state index contributed by atoms with van der Waals surface area (Å²) in [7, 11) is 3.42. The van der Waals surface area contributed by atoms with E-state index < -0.39 is 35.0 Å². The maximum Gasteiger partial charge on any atom is 0.246 e. The van der Waals surface area contributed by atoms with Crippen LogP contribution in [0.15, 0.2) is 0 Å². The summed E-state index contributed by atoms with van der Waals surface area (Å²) < 4.78 is 0. The number of likely N-dealkylation sites (N-methyl/N-ethyl adjacent to an activating group) is 2. The van der Waals surface area contributed by atoms with Gasteiger partial charge in [-0.15, -0.1) is 0 Å². The standard InChI is InChI=1S/C40H74N8O6/c1-27(41-9)35(51)45-33(39(3,4)5)37(53)47-23-17-19-29(47)25-43-31(49)21-15-13-11-12-14-16-22-32(50)44-26-30-20-18-24-48(30)38(54)34(40(6,7)8)46-36(52)28(2)42-10/h27-30,33-34,41-42H,11-26H2,1-10H3,(H,43,49)(H,44,50)(H,45,51)(H,46,52)/t27-,28-,29+,30+,33+,34+/m0/s1. The van der Waals surface area contributed by atoms with Crippen LogP contribution in [0.4, 0.5) is 0 Å². The Morgan fingerprint density at radius 2 is 0.907 bits per heavy atom. The van der Waals surface area contributed by atoms with Gasteiger partial charge < -0.3 is 41.7 Å². The molecule has 14 nitrogen and oxygen atoms in total. The maximum absolute atomic E-state index is 13.6. The van der Waals surface area contributed by atoms with E-state index in [4.69, 9.17) is 0 Å². The third-order valence-electron chi connectivity index (χ3n) is 10.9. The first-order valence-electron chi connectivity index (χ1n) is 20.4. The van der Waals surface area contributed by atoms with E-state index in [0.717, 1.165) is 64.2 Å². The Bertz CT molecular complexity index is 1150. The van der Waals surface area contributed by atoms with Crippen molar-refractivity contribution < 1.29 is 28.8 Å². The molecule has 0 bridgehead atoms. The zero-order valence-electron chi connectivity index (χ0n) is 35.1. The van der Waals surface area contributed by atoms with Crippen molar-refractivity contribution in [1.82, 2.24) is 41.7 Å². The van der Waals surface area contributed by atoms with Crippen LogP contribution < -0.4 is 31.9 Å². The summed E-state index contributed by atoms with van der Waals surface area (Å²) in [6.07, 6.45) is 9.64. The number of hydrogen-bond donors (Lipinski definition) is 6. The summed E-state index contributed by atoms with van der Waals surface area (Å²) in [6, 6.07) is -2.32. The molecule has 0 radical (unpaired) electrons. The van der Waals surface area contributed by atoms with Crippen molar-refractivity contribution in [2.75, 3.05) is 40.3 Å². The fraction of sp³-hybridized carbons (Fsp3) is 0.850. The van der Waals surface area contributed by atoms with E-state index in [0.29, 0.717) is 39.0 Å². The number of rotatable bonds is 21. The van der Waals surface area contributed by atoms with Crippen LogP contribution in [0.3, 0.4) is 0 Å². The number of unbranched alkanes of at least 4 members (excludes halogenated alkanes) is 5. The quantitative estimate of drug-likeness (QED) is 0.0966. The minimum Gasteiger partial charge on any atom is -0.354 e. The number of likely N-dealkylation sites (tertiary alicyclic amines) is 2. The molecule has 2 aliphatic heterocycles. The van der Waals surface area contributed by atoms with Gasteiger partial charge in [0.1, 0.15) is 12.1 Å². The predicted molar refractivity (Wildman–Crippen MR) is 212 cm³/mol. The Morgan fingerprint density at radius 3 is 1.22 bits per heavy atom. The monoisotopic (exact) mass is 763 g/mol. The van der Waals surface area contributed by atoms with Gasteiger partial charge in [0, 0.05) is 51.1 Å². The van der Waals surface area contributed by atoms with Gasteiger partial charge in [0.15, 0.2) is 0 Å². The molecule has 6 amide bonds. The van der Waals surface area contributed by atoms with Crippen molar-refractivity contribution in [3.63, 3.8) is 0 Å². The fourth-order valence-electron chi connectivity index (χ4n) is 7.02. The second-order valence-electron chi connectivity index (χ2n) is 17.5. The molecule has 0 aromatic rings. The molecule has 2 heterocycles. The number of nitrogens with one attached hydrogen (secondary N) is 6. The van der Waals surface area contributed by atoms with Crippen molar-refractivity contribution in [3.05, 3.63) is 0 Å². The van der Waals surface area contributed by atoms with Crippen LogP contribution in [-0.4, -0.2) is 122 Å². The molecule has 2 saturated heterocycles. The molecule has 0 aromatic heterocycles. The third-order valence-corrected chi connectivity index (χ3v) is 10.9. The molecule has 0 saturated carbocycles. The smallest absolute Gasteiger partial charge is 0.246 e. The number of carbonyl (C=O) groups excluding carboxylic acids is 6. The van der Waals surface area contributed by atoms with E-state index in [-0.39, 0.29) is 47.5 Å². The summed E-state index contributed by atoms with van der Waals surface area (Å²) in [4.78, 5) is 81.3. The summed E-state index contributed by atoms with van der Waals surface area (Å²) in [6.45, 7) is 17.2. The Hall–Kier alpha value is -3.26. The van der Waals surface area contributed by atoms with Crippen LogP contribution >= 0.6 is 0 Å². The highest BCUT2D eigenvalue weighted by Gasteiger charge is 2.41. The minimum absolute atomic E-state index is 0.0147. The second kappa shape index (κ2) is 22.3. The molecule has 0 spiro atoms. The normalized spacial score (nSPS) is 19.8. The van der Waals surface area contributed by atoms with Crippen LogP contribution in [-0.2, 0) is 28.8 Å². The summed E-state index contributed by atoms with van der Waals surface area (Å²) in [5.41, 5.74) is -0.929. The largest absolute Gasteiger partial charge is 0.354 e. The lowest BCUT2D eigenvalue weighted by Crippen LogP contribution is -2.59. The average molecular weight is 763 g/mol. The predicted octanol–water partition coefficient (Wildman–Crippen LogP) is 2.60. The number of carbonyl (C=O) groups is 6. The molecule has 310 valence electrons. The minimum atomic E-state index is -0.659. The maximum atomic E-state index is 13.6. The van der Waals surface area contributed by atoms with E-state index in [2.05, 4.69) is 31.9 Å². The number of nitrogens with zero attached hydrogens (tertiary/aromatic N) is 2. The van der Waals surface area contributed by atoms with E-state index in [9.17, 15) is 28.8 Å². The number of amides is 6. The highest BCUT2D eigenvalue weighted by Crippen LogP contribution is 2.27. The third kappa shape index (κ3) is 15.1. The van der Waals surface area contributed by atoms with Crippen LogP contribution in [0, 0.1) is 10.8 Å². The molecular weight excluding hydrogens is 688 g/mol. The molecule has 2 aliphatic rings. The average Bonchev–Trinajstić information content (AvgIpc) is 3.79. The van der Waals surface area contributed by atoms with Gasteiger partial charge in [0.05, 0.1) is 12.1 Å². The van der Waals surface area contributed by atoms with Crippen LogP contribution in [0.1, 0.15) is 132 Å². The fourth-order valence-corrected chi connectivity index (χ4v) is 7.02. The Kier molecular flexibility index (Phi) is 19.4. The van der Waals surface area contributed by atoms with Crippen molar-refractivity contribution in [3.8, 4) is 0 Å². The SMILES string of the molecule is CN[C@@H](C)C(=O)N[C@H](C(=O)N1CCC[C@@H]1CNC(=O)CCCCCCCCC(=O)NC[C@H]1CCCN1C(=O)[C@@H](NC(=O)[C@H](C)NC)C(C)(C)C)C(C)(C)C. The summed E-state index contributed by atoms with van der Waals surface area (Å²) in [5.74, 6) is -0.666. The van der Waals surface area contributed by atoms with Gasteiger partial charge in [0.2, 0.25) is 35.4 Å². The molecule has 0 aliphatic carbocycles. The molecule has 2 rings (SSSR count). The van der Waals surface area contributed by atoms with E-state index in [1.165, 1.54) is 0 Å². The van der Waals surface area contributed by atoms with Crippen LogP contribution in [0.5, 0.6) is 0 Å². The molecule has 6 N–H and O–H groups in total. The van der Waals surface area contributed by atoms with E-state index in [1.54, 1.807) is 27.9 Å². The lowest BCUT2D eigenvalue weighted by Gasteiger charge is -2.36. The van der Waals surface area contributed by atoms with Crippen molar-refractivity contribution in [2.24, 2.45) is 10.8 Å². The first kappa shape index (κ1) is 46.9. The molecule has 0 aromatic carbocycles. The molecule has 2 fully saturated rings. The Balaban J connectivity index is 1.65. The van der Waals surface area contributed by atoms with Crippen LogP contribution in [0.2, 0.25) is 0 Å². The zero-order chi connectivity index (χ0) is 40.6. The summed E-state index contributed by atoms with van der Waals surface area (Å²) in [5, 5.41) is 17.8. The van der Waals surface area contributed by atoms with Gasteiger partial charge in [-0.3, -0.25) is 28.8 Å². The van der Waals surface area contributed by atoms with Gasteiger partial charge in [-0.2, -0.15) is 0 Å². The molecule has 0 unspecified atom stereocenters. The number of hydrogen-bond acceptors (Lipinski definition) is 8. The van der Waals surface area contributed by atoms with Gasteiger partial charge in [-0.25, -0.2) is 0 Å². The van der Waals surface area contributed by atoms with Crippen molar-refractivity contribution >= 4 is 35.4 Å². The lowest BCUT2D eigenvalue weighted by atomic mass is 9.85. The highest BCUT2D eigenvalue weighted by molar-refractivity contribution is 5.91. The van der Waals surface area contributed by atoms with Crippen molar-refractivity contribution in [2.45, 2.75) is 169 Å². The molecular formula is C40H74N8O6. The molecule has 54 heavy (non-hydrogen) atoms. The van der Waals surface area contributed by atoms with Gasteiger partial charge in [-0.05, 0) is 77.3 Å². The van der Waals surface area contributed by atoms with Crippen molar-refractivity contribution in [1.29, 1.82) is 0 Å². The zero-order valence-corrected chi connectivity index (χ0v) is 35.1. The Labute approximate surface area is 325 Å². The highest BCUT2D eigenvalue weighted by atomic mass is 16.2.